The lowest BCUT2D eigenvalue weighted by Crippen LogP contribution is -2.50. The van der Waals surface area contributed by atoms with E-state index in [0.29, 0.717) is 11.3 Å². The summed E-state index contributed by atoms with van der Waals surface area (Å²) in [5, 5.41) is 11.1. The van der Waals surface area contributed by atoms with Gasteiger partial charge in [0.25, 0.3) is 0 Å². The van der Waals surface area contributed by atoms with E-state index in [-0.39, 0.29) is 5.41 Å². The molecule has 0 aromatic heterocycles. The van der Waals surface area contributed by atoms with Gasteiger partial charge >= 0.3 is 0 Å². The summed E-state index contributed by atoms with van der Waals surface area (Å²) >= 11 is 0. The van der Waals surface area contributed by atoms with Gasteiger partial charge in [0.05, 0.1) is 5.60 Å². The molecule has 3 aliphatic carbocycles. The molecule has 1 spiro atoms. The molecule has 1 N–H and O–H groups in total. The maximum atomic E-state index is 11.1. The normalized spacial score (nSPS) is 64.7. The summed E-state index contributed by atoms with van der Waals surface area (Å²) in [6.45, 7) is 9.27. The molecule has 0 aromatic carbocycles. The Morgan fingerprint density at radius 3 is 2.44 bits per heavy atom. The molecule has 16 heavy (non-hydrogen) atoms. The Hall–Kier alpha value is -0.0400. The largest absolute Gasteiger partial charge is 0.389 e. The van der Waals surface area contributed by atoms with Crippen molar-refractivity contribution in [2.75, 3.05) is 0 Å². The second-order valence-electron chi connectivity index (χ2n) is 7.45. The maximum Gasteiger partial charge on any atom is 0.0709 e. The molecule has 6 atom stereocenters. The molecule has 0 aliphatic heterocycles. The quantitative estimate of drug-likeness (QED) is 0.664. The first-order chi connectivity index (χ1) is 7.35. The van der Waals surface area contributed by atoms with Crippen LogP contribution >= 0.6 is 0 Å². The van der Waals surface area contributed by atoms with Crippen LogP contribution in [0.1, 0.15) is 59.8 Å². The average Bonchev–Trinajstić information content (AvgIpc) is 2.71. The molecule has 0 amide bonds. The molecule has 0 radical (unpaired) electrons. The van der Waals surface area contributed by atoms with E-state index < -0.39 is 5.60 Å². The average molecular weight is 222 g/mol. The van der Waals surface area contributed by atoms with Gasteiger partial charge in [0.15, 0.2) is 0 Å². The third-order valence-corrected chi connectivity index (χ3v) is 7.02. The highest BCUT2D eigenvalue weighted by molar-refractivity contribution is 5.22. The van der Waals surface area contributed by atoms with Crippen LogP contribution in [0.3, 0.4) is 0 Å². The first-order valence-corrected chi connectivity index (χ1v) is 7.07. The molecule has 0 saturated heterocycles. The number of aliphatic hydroxyl groups is 1. The van der Waals surface area contributed by atoms with E-state index in [1.807, 2.05) is 0 Å². The van der Waals surface area contributed by atoms with Gasteiger partial charge in [-0.15, -0.1) is 0 Å². The van der Waals surface area contributed by atoms with E-state index in [9.17, 15) is 5.11 Å². The molecule has 92 valence electrons. The van der Waals surface area contributed by atoms with Gasteiger partial charge in [-0.05, 0) is 62.2 Å². The summed E-state index contributed by atoms with van der Waals surface area (Å²) in [5.74, 6) is 2.10. The Morgan fingerprint density at radius 1 is 1.06 bits per heavy atom. The highest BCUT2D eigenvalue weighted by Crippen LogP contribution is 2.76. The minimum atomic E-state index is -0.423. The number of hydrogen-bond donors (Lipinski definition) is 1. The lowest BCUT2D eigenvalue weighted by atomic mass is 9.60. The van der Waals surface area contributed by atoms with Crippen LogP contribution in [-0.2, 0) is 0 Å². The lowest BCUT2D eigenvalue weighted by Gasteiger charge is -2.47. The molecule has 1 nitrogen and oxygen atoms in total. The van der Waals surface area contributed by atoms with Crippen LogP contribution in [0.5, 0.6) is 0 Å². The lowest BCUT2D eigenvalue weighted by molar-refractivity contribution is -0.112. The van der Waals surface area contributed by atoms with Crippen LogP contribution in [0.2, 0.25) is 0 Å². The maximum absolute atomic E-state index is 11.1. The van der Waals surface area contributed by atoms with Crippen LogP contribution < -0.4 is 0 Å². The van der Waals surface area contributed by atoms with E-state index in [4.69, 9.17) is 0 Å². The van der Waals surface area contributed by atoms with Gasteiger partial charge in [0, 0.05) is 5.41 Å². The van der Waals surface area contributed by atoms with Crippen molar-refractivity contribution < 1.29 is 5.11 Å². The highest BCUT2D eigenvalue weighted by Gasteiger charge is 2.73. The van der Waals surface area contributed by atoms with Gasteiger partial charge in [0.2, 0.25) is 0 Å². The van der Waals surface area contributed by atoms with Crippen molar-refractivity contribution in [3.05, 3.63) is 0 Å². The van der Waals surface area contributed by atoms with Crippen LogP contribution in [0, 0.1) is 28.6 Å². The van der Waals surface area contributed by atoms with Crippen LogP contribution in [0.15, 0.2) is 0 Å². The molecule has 3 aliphatic rings. The van der Waals surface area contributed by atoms with Gasteiger partial charge in [0.1, 0.15) is 0 Å². The SMILES string of the molecule is C[C@@H]1CC[C@]23[C@H]1CC[C@@]2(C)C[C@H](C)[C@@]3(C)O. The monoisotopic (exact) mass is 222 g/mol. The Kier molecular flexibility index (Phi) is 1.98. The molecule has 0 heterocycles. The summed E-state index contributed by atoms with van der Waals surface area (Å²) in [6.07, 6.45) is 6.56. The fourth-order valence-corrected chi connectivity index (χ4v) is 6.14. The zero-order chi connectivity index (χ0) is 11.8. The van der Waals surface area contributed by atoms with Gasteiger partial charge in [-0.2, -0.15) is 0 Å². The van der Waals surface area contributed by atoms with E-state index in [0.717, 1.165) is 11.8 Å². The fraction of sp³-hybridized carbons (Fsp3) is 1.00. The third-order valence-electron chi connectivity index (χ3n) is 7.02. The molecule has 0 bridgehead atoms. The van der Waals surface area contributed by atoms with Crippen LogP contribution in [-0.4, -0.2) is 10.7 Å². The van der Waals surface area contributed by atoms with E-state index in [1.165, 1.54) is 32.1 Å². The topological polar surface area (TPSA) is 20.2 Å². The zero-order valence-electron chi connectivity index (χ0n) is 11.2. The first kappa shape index (κ1) is 11.1. The van der Waals surface area contributed by atoms with Crippen molar-refractivity contribution in [1.82, 2.24) is 0 Å². The summed E-state index contributed by atoms with van der Waals surface area (Å²) in [7, 11) is 0. The minimum absolute atomic E-state index is 0.249. The second kappa shape index (κ2) is 2.85. The van der Waals surface area contributed by atoms with Crippen molar-refractivity contribution in [3.63, 3.8) is 0 Å². The van der Waals surface area contributed by atoms with Crippen molar-refractivity contribution >= 4 is 0 Å². The molecule has 1 heteroatoms. The number of rotatable bonds is 0. The Morgan fingerprint density at radius 2 is 1.75 bits per heavy atom. The standard InChI is InChI=1S/C15H26O/c1-10-5-8-15-12(10)6-7-13(15,3)9-11(2)14(15,4)16/h10-12,16H,5-9H2,1-4H3/t10-,11+,12+,13+,14-,15+/m1/s1. The van der Waals surface area contributed by atoms with Gasteiger partial charge in [-0.25, -0.2) is 0 Å². The van der Waals surface area contributed by atoms with E-state index in [2.05, 4.69) is 27.7 Å². The minimum Gasteiger partial charge on any atom is -0.389 e. The fourth-order valence-electron chi connectivity index (χ4n) is 6.14. The van der Waals surface area contributed by atoms with E-state index >= 15 is 0 Å². The van der Waals surface area contributed by atoms with Gasteiger partial charge < -0.3 is 5.11 Å². The van der Waals surface area contributed by atoms with Crippen LogP contribution in [0.25, 0.3) is 0 Å². The molecular weight excluding hydrogens is 196 g/mol. The van der Waals surface area contributed by atoms with E-state index in [1.54, 1.807) is 0 Å². The first-order valence-electron chi connectivity index (χ1n) is 7.07. The predicted molar refractivity (Wildman–Crippen MR) is 66.1 cm³/mol. The summed E-state index contributed by atoms with van der Waals surface area (Å²) < 4.78 is 0. The summed E-state index contributed by atoms with van der Waals surface area (Å²) in [6, 6.07) is 0. The molecule has 0 unspecified atom stereocenters. The van der Waals surface area contributed by atoms with Crippen LogP contribution in [0.4, 0.5) is 0 Å². The third kappa shape index (κ3) is 0.903. The number of hydrogen-bond acceptors (Lipinski definition) is 1. The zero-order valence-corrected chi connectivity index (χ0v) is 11.2. The van der Waals surface area contributed by atoms with Gasteiger partial charge in [-0.1, -0.05) is 20.8 Å². The van der Waals surface area contributed by atoms with Crippen molar-refractivity contribution in [2.45, 2.75) is 65.4 Å². The summed E-state index contributed by atoms with van der Waals surface area (Å²) in [4.78, 5) is 0. The van der Waals surface area contributed by atoms with Crippen molar-refractivity contribution in [2.24, 2.45) is 28.6 Å². The molecule has 0 aromatic rings. The molecule has 3 saturated carbocycles. The molecule has 3 rings (SSSR count). The van der Waals surface area contributed by atoms with Crippen molar-refractivity contribution in [1.29, 1.82) is 0 Å². The second-order valence-corrected chi connectivity index (χ2v) is 7.45. The van der Waals surface area contributed by atoms with Crippen molar-refractivity contribution in [3.8, 4) is 0 Å². The highest BCUT2D eigenvalue weighted by atomic mass is 16.3. The molecular formula is C15H26O. The summed E-state index contributed by atoms with van der Waals surface area (Å²) in [5.41, 5.74) is 0.248. The Labute approximate surface area is 99.6 Å². The van der Waals surface area contributed by atoms with Gasteiger partial charge in [-0.3, -0.25) is 0 Å². The smallest absolute Gasteiger partial charge is 0.0709 e. The Bertz CT molecular complexity index is 315. The predicted octanol–water partition coefficient (Wildman–Crippen LogP) is 3.61. The Balaban J connectivity index is 2.14. The molecule has 3 fully saturated rings.